The zero-order valence-corrected chi connectivity index (χ0v) is 16.0. The van der Waals surface area contributed by atoms with E-state index in [0.29, 0.717) is 28.3 Å². The van der Waals surface area contributed by atoms with E-state index in [4.69, 9.17) is 9.47 Å². The molecule has 0 aliphatic carbocycles. The van der Waals surface area contributed by atoms with Gasteiger partial charge in [-0.25, -0.2) is 9.37 Å². The highest BCUT2D eigenvalue weighted by Crippen LogP contribution is 2.27. The Balaban J connectivity index is 1.62. The lowest BCUT2D eigenvalue weighted by Gasteiger charge is -2.11. The van der Waals surface area contributed by atoms with Crippen LogP contribution in [-0.2, 0) is 6.54 Å². The number of ether oxygens (including phenoxy) is 2. The second kappa shape index (κ2) is 9.01. The fraction of sp³-hybridized carbons (Fsp3) is 0.190. The third kappa shape index (κ3) is 4.78. The number of aromatic nitrogens is 2. The van der Waals surface area contributed by atoms with Crippen LogP contribution in [0.3, 0.4) is 0 Å². The van der Waals surface area contributed by atoms with Gasteiger partial charge in [0.05, 0.1) is 26.2 Å². The Morgan fingerprint density at radius 1 is 1.07 bits per heavy atom. The van der Waals surface area contributed by atoms with E-state index in [1.54, 1.807) is 30.3 Å². The minimum atomic E-state index is -0.354. The maximum atomic E-state index is 13.0. The van der Waals surface area contributed by atoms with Gasteiger partial charge in [0.15, 0.2) is 11.5 Å². The quantitative estimate of drug-likeness (QED) is 0.662. The number of carbonyl (C=O) groups excluding carboxylic acids is 1. The number of benzene rings is 2. The molecule has 0 bridgehead atoms. The molecule has 1 heterocycles. The SMILES string of the molecule is COc1ccc(C(=O)NCCn2cnc(-c3ccc(F)cc3)cc2=O)cc1OC. The molecule has 3 rings (SSSR count). The Kier molecular flexibility index (Phi) is 6.23. The van der Waals surface area contributed by atoms with E-state index in [1.165, 1.54) is 43.3 Å². The third-order valence-electron chi connectivity index (χ3n) is 4.30. The van der Waals surface area contributed by atoms with Crippen molar-refractivity contribution < 1.29 is 18.7 Å². The zero-order valence-electron chi connectivity index (χ0n) is 16.0. The average Bonchev–Trinajstić information content (AvgIpc) is 2.74. The van der Waals surface area contributed by atoms with Crippen molar-refractivity contribution in [3.8, 4) is 22.8 Å². The molecule has 29 heavy (non-hydrogen) atoms. The lowest BCUT2D eigenvalue weighted by atomic mass is 10.1. The van der Waals surface area contributed by atoms with E-state index in [9.17, 15) is 14.0 Å². The van der Waals surface area contributed by atoms with Gasteiger partial charge in [0, 0.05) is 30.3 Å². The molecule has 0 saturated heterocycles. The van der Waals surface area contributed by atoms with Gasteiger partial charge in [0.25, 0.3) is 11.5 Å². The molecule has 7 nitrogen and oxygen atoms in total. The van der Waals surface area contributed by atoms with Crippen molar-refractivity contribution >= 4 is 5.91 Å². The molecule has 0 spiro atoms. The van der Waals surface area contributed by atoms with Crippen molar-refractivity contribution in [2.24, 2.45) is 0 Å². The van der Waals surface area contributed by atoms with Crippen molar-refractivity contribution in [1.29, 1.82) is 0 Å². The summed E-state index contributed by atoms with van der Waals surface area (Å²) in [6.07, 6.45) is 1.41. The minimum Gasteiger partial charge on any atom is -0.493 e. The predicted octanol–water partition coefficient (Wildman–Crippen LogP) is 2.50. The summed E-state index contributed by atoms with van der Waals surface area (Å²) in [5.41, 5.74) is 1.26. The Morgan fingerprint density at radius 2 is 1.79 bits per heavy atom. The largest absolute Gasteiger partial charge is 0.493 e. The van der Waals surface area contributed by atoms with E-state index < -0.39 is 0 Å². The molecule has 0 aliphatic rings. The van der Waals surface area contributed by atoms with Crippen LogP contribution in [0.2, 0.25) is 0 Å². The van der Waals surface area contributed by atoms with Gasteiger partial charge in [-0.15, -0.1) is 0 Å². The topological polar surface area (TPSA) is 82.5 Å². The number of hydrogen-bond acceptors (Lipinski definition) is 5. The van der Waals surface area contributed by atoms with Gasteiger partial charge in [-0.05, 0) is 42.5 Å². The highest BCUT2D eigenvalue weighted by atomic mass is 19.1. The predicted molar refractivity (Wildman–Crippen MR) is 106 cm³/mol. The summed E-state index contributed by atoms with van der Waals surface area (Å²) in [5.74, 6) is 0.335. The maximum Gasteiger partial charge on any atom is 0.253 e. The summed E-state index contributed by atoms with van der Waals surface area (Å²) in [7, 11) is 3.01. The summed E-state index contributed by atoms with van der Waals surface area (Å²) in [5, 5.41) is 2.75. The molecule has 0 atom stereocenters. The highest BCUT2D eigenvalue weighted by molar-refractivity contribution is 5.94. The smallest absolute Gasteiger partial charge is 0.253 e. The summed E-state index contributed by atoms with van der Waals surface area (Å²) >= 11 is 0. The van der Waals surface area contributed by atoms with E-state index in [0.717, 1.165) is 0 Å². The van der Waals surface area contributed by atoms with Gasteiger partial charge >= 0.3 is 0 Å². The number of nitrogens with one attached hydrogen (secondary N) is 1. The fourth-order valence-electron chi connectivity index (χ4n) is 2.74. The number of methoxy groups -OCH3 is 2. The van der Waals surface area contributed by atoms with Gasteiger partial charge < -0.3 is 14.8 Å². The Bertz CT molecular complexity index is 1060. The number of nitrogens with zero attached hydrogens (tertiary/aromatic N) is 2. The molecule has 1 aromatic heterocycles. The van der Waals surface area contributed by atoms with Crippen LogP contribution in [0.5, 0.6) is 11.5 Å². The maximum absolute atomic E-state index is 13.0. The molecule has 0 unspecified atom stereocenters. The molecular formula is C21H20FN3O4. The Hall–Kier alpha value is -3.68. The van der Waals surface area contributed by atoms with Crippen LogP contribution in [0.25, 0.3) is 11.3 Å². The summed E-state index contributed by atoms with van der Waals surface area (Å²) in [6.45, 7) is 0.499. The molecule has 1 amide bonds. The van der Waals surface area contributed by atoms with Crippen LogP contribution in [0.15, 0.2) is 59.7 Å². The zero-order chi connectivity index (χ0) is 20.8. The van der Waals surface area contributed by atoms with Crippen molar-refractivity contribution in [3.63, 3.8) is 0 Å². The van der Waals surface area contributed by atoms with Gasteiger partial charge in [-0.2, -0.15) is 0 Å². The van der Waals surface area contributed by atoms with Crippen LogP contribution in [-0.4, -0.2) is 36.2 Å². The molecule has 8 heteroatoms. The molecule has 150 valence electrons. The fourth-order valence-corrected chi connectivity index (χ4v) is 2.74. The van der Waals surface area contributed by atoms with Crippen molar-refractivity contribution in [2.45, 2.75) is 6.54 Å². The van der Waals surface area contributed by atoms with Crippen molar-refractivity contribution in [3.05, 3.63) is 76.6 Å². The summed E-state index contributed by atoms with van der Waals surface area (Å²) < 4.78 is 24.8. The molecule has 0 fully saturated rings. The Morgan fingerprint density at radius 3 is 2.45 bits per heavy atom. The molecule has 0 aliphatic heterocycles. The minimum absolute atomic E-state index is 0.241. The summed E-state index contributed by atoms with van der Waals surface area (Å²) in [4.78, 5) is 28.8. The van der Waals surface area contributed by atoms with Crippen molar-refractivity contribution in [1.82, 2.24) is 14.9 Å². The number of halogens is 1. The van der Waals surface area contributed by atoms with E-state index >= 15 is 0 Å². The Labute approximate surface area is 166 Å². The highest BCUT2D eigenvalue weighted by Gasteiger charge is 2.10. The van der Waals surface area contributed by atoms with Gasteiger partial charge in [-0.3, -0.25) is 14.2 Å². The van der Waals surface area contributed by atoms with Crippen LogP contribution >= 0.6 is 0 Å². The summed E-state index contributed by atoms with van der Waals surface area (Å²) in [6, 6.07) is 12.0. The second-order valence-corrected chi connectivity index (χ2v) is 6.14. The lowest BCUT2D eigenvalue weighted by molar-refractivity contribution is 0.0951. The normalized spacial score (nSPS) is 10.4. The van der Waals surface area contributed by atoms with Crippen LogP contribution in [0, 0.1) is 5.82 Å². The molecule has 1 N–H and O–H groups in total. The van der Waals surface area contributed by atoms with Gasteiger partial charge in [-0.1, -0.05) is 0 Å². The third-order valence-corrected chi connectivity index (χ3v) is 4.30. The monoisotopic (exact) mass is 397 g/mol. The van der Waals surface area contributed by atoms with Gasteiger partial charge in [0.2, 0.25) is 0 Å². The van der Waals surface area contributed by atoms with E-state index in [1.807, 2.05) is 0 Å². The number of rotatable bonds is 7. The number of carbonyl (C=O) groups is 1. The first-order chi connectivity index (χ1) is 14.0. The molecule has 0 saturated carbocycles. The van der Waals surface area contributed by atoms with E-state index in [-0.39, 0.29) is 30.4 Å². The molecule has 2 aromatic carbocycles. The first-order valence-corrected chi connectivity index (χ1v) is 8.84. The first-order valence-electron chi connectivity index (χ1n) is 8.84. The van der Waals surface area contributed by atoms with Crippen molar-refractivity contribution in [2.75, 3.05) is 20.8 Å². The molecular weight excluding hydrogens is 377 g/mol. The standard InChI is InChI=1S/C21H20FN3O4/c1-28-18-8-5-15(11-19(18)29-2)21(27)23-9-10-25-13-24-17(12-20(25)26)14-3-6-16(22)7-4-14/h3-8,11-13H,9-10H2,1-2H3,(H,23,27). The lowest BCUT2D eigenvalue weighted by Crippen LogP contribution is -2.30. The number of amides is 1. The first kappa shape index (κ1) is 20.1. The average molecular weight is 397 g/mol. The molecule has 0 radical (unpaired) electrons. The molecule has 3 aromatic rings. The second-order valence-electron chi connectivity index (χ2n) is 6.14. The van der Waals surface area contributed by atoms with Gasteiger partial charge in [0.1, 0.15) is 5.82 Å². The number of hydrogen-bond donors (Lipinski definition) is 1. The van der Waals surface area contributed by atoms with E-state index in [2.05, 4.69) is 10.3 Å². The van der Waals surface area contributed by atoms with Crippen LogP contribution in [0.4, 0.5) is 4.39 Å². The van der Waals surface area contributed by atoms with Crippen LogP contribution in [0.1, 0.15) is 10.4 Å². The van der Waals surface area contributed by atoms with Crippen LogP contribution < -0.4 is 20.3 Å².